The molecule has 0 aromatic carbocycles. The summed E-state index contributed by atoms with van der Waals surface area (Å²) in [6, 6.07) is 0. The molecule has 0 radical (unpaired) electrons. The van der Waals surface area contributed by atoms with E-state index in [2.05, 4.69) is 12.6 Å². The molecule has 0 rings (SSSR count). The van der Waals surface area contributed by atoms with Gasteiger partial charge in [0, 0.05) is 17.4 Å². The van der Waals surface area contributed by atoms with Gasteiger partial charge in [-0.3, -0.25) is 0 Å². The zero-order valence-electron chi connectivity index (χ0n) is 1.80. The first-order valence-electron chi connectivity index (χ1n) is 0.447. The van der Waals surface area contributed by atoms with Gasteiger partial charge in [-0.2, -0.15) is 5.26 Å². The minimum absolute atomic E-state index is 0. The van der Waals surface area contributed by atoms with Gasteiger partial charge < -0.3 is 0 Å². The Bertz CT molecular complexity index is 33.1. The van der Waals surface area contributed by atoms with Crippen molar-refractivity contribution >= 4 is 64.0 Å². The second-order valence-corrected chi connectivity index (χ2v) is 0.300. The normalized spacial score (nSPS) is 1.60. The molecule has 0 fully saturated rings. The molecule has 0 aromatic heterocycles. The molecule has 5 heavy (non-hydrogen) atoms. The topological polar surface area (TPSA) is 23.8 Å². The maximum absolute atomic E-state index is 7.18. The standard InChI is InChI=1S/CHNS.Cr.K.H/c2-1-3;;;/h3H;;;. The van der Waals surface area contributed by atoms with Crippen LogP contribution < -0.4 is 0 Å². The molecule has 0 saturated carbocycles. The molecular formula is CH2CrKNS. The zero-order chi connectivity index (χ0) is 2.71. The molecule has 0 aliphatic heterocycles. The second kappa shape index (κ2) is 16.7. The molecule has 0 N–H and O–H groups in total. The number of hydrogen-bond donors (Lipinski definition) is 1. The van der Waals surface area contributed by atoms with Crippen LogP contribution in [0.5, 0.6) is 0 Å². The molecule has 24 valence electrons. The van der Waals surface area contributed by atoms with E-state index in [1.807, 2.05) is 0 Å². The van der Waals surface area contributed by atoms with E-state index >= 15 is 0 Å². The predicted octanol–water partition coefficient (Wildman–Crippen LogP) is -0.254. The Morgan fingerprint density at radius 3 is 1.60 bits per heavy atom. The van der Waals surface area contributed by atoms with Gasteiger partial charge in [-0.05, 0) is 0 Å². The van der Waals surface area contributed by atoms with Gasteiger partial charge >= 0.3 is 51.4 Å². The van der Waals surface area contributed by atoms with Crippen LogP contribution in [0.1, 0.15) is 0 Å². The maximum atomic E-state index is 7.18. The van der Waals surface area contributed by atoms with Crippen LogP contribution in [0.4, 0.5) is 0 Å². The molecule has 0 aromatic rings. The van der Waals surface area contributed by atoms with Gasteiger partial charge in [0.2, 0.25) is 0 Å². The molecule has 0 bridgehead atoms. The summed E-state index contributed by atoms with van der Waals surface area (Å²) in [5.74, 6) is 0. The fourth-order valence-electron chi connectivity index (χ4n) is 0. The Kier molecular flexibility index (Phi) is 52.4. The number of nitriles is 1. The molecule has 0 saturated heterocycles. The summed E-state index contributed by atoms with van der Waals surface area (Å²) in [4.78, 5) is 0. The summed E-state index contributed by atoms with van der Waals surface area (Å²) in [6.07, 6.45) is 0. The van der Waals surface area contributed by atoms with Crippen molar-refractivity contribution in [1.82, 2.24) is 0 Å². The predicted molar refractivity (Wildman–Crippen MR) is 21.7 cm³/mol. The van der Waals surface area contributed by atoms with E-state index in [1.165, 1.54) is 5.40 Å². The first-order chi connectivity index (χ1) is 1.41. The monoisotopic (exact) mass is 151 g/mol. The fraction of sp³-hybridized carbons (Fsp3) is 0. The average molecular weight is 151 g/mol. The van der Waals surface area contributed by atoms with E-state index in [-0.39, 0.29) is 68.7 Å². The van der Waals surface area contributed by atoms with Crippen molar-refractivity contribution in [2.45, 2.75) is 0 Å². The summed E-state index contributed by atoms with van der Waals surface area (Å²) >= 11 is 3.09. The second-order valence-electron chi connectivity index (χ2n) is 0.100. The van der Waals surface area contributed by atoms with Crippen LogP contribution in [0.2, 0.25) is 0 Å². The number of thiocyanates is 1. The first-order valence-corrected chi connectivity index (χ1v) is 0.894. The first kappa shape index (κ1) is 15.7. The van der Waals surface area contributed by atoms with E-state index < -0.39 is 0 Å². The van der Waals surface area contributed by atoms with E-state index in [0.29, 0.717) is 0 Å². The summed E-state index contributed by atoms with van der Waals surface area (Å²) < 4.78 is 0. The van der Waals surface area contributed by atoms with Gasteiger partial charge in [-0.1, -0.05) is 12.6 Å². The molecule has 0 amide bonds. The van der Waals surface area contributed by atoms with Crippen molar-refractivity contribution in [2.75, 3.05) is 0 Å². The van der Waals surface area contributed by atoms with Crippen LogP contribution in [0.15, 0.2) is 0 Å². The molecule has 0 aliphatic carbocycles. The Labute approximate surface area is 90.1 Å². The van der Waals surface area contributed by atoms with Crippen LogP contribution in [0, 0.1) is 10.7 Å². The van der Waals surface area contributed by atoms with E-state index in [4.69, 9.17) is 5.26 Å². The summed E-state index contributed by atoms with van der Waals surface area (Å²) in [5.41, 5.74) is 0. The molecule has 0 aliphatic rings. The SMILES string of the molecule is N#CS.[Cr].[KH]. The number of nitrogens with zero attached hydrogens (tertiary/aromatic N) is 1. The molecule has 0 unspecified atom stereocenters. The quantitative estimate of drug-likeness (QED) is 0.288. The van der Waals surface area contributed by atoms with Crippen molar-refractivity contribution in [3.05, 3.63) is 0 Å². The van der Waals surface area contributed by atoms with Crippen molar-refractivity contribution in [3.8, 4) is 5.40 Å². The molecule has 0 spiro atoms. The Balaban J connectivity index is -0.0000000200. The van der Waals surface area contributed by atoms with Crippen LogP contribution in [0.3, 0.4) is 0 Å². The molecule has 0 heterocycles. The number of hydrogen-bond acceptors (Lipinski definition) is 2. The van der Waals surface area contributed by atoms with Crippen molar-refractivity contribution < 1.29 is 17.4 Å². The summed E-state index contributed by atoms with van der Waals surface area (Å²) in [7, 11) is 0. The molecule has 1 nitrogen and oxygen atoms in total. The van der Waals surface area contributed by atoms with Crippen molar-refractivity contribution in [3.63, 3.8) is 0 Å². The van der Waals surface area contributed by atoms with Crippen LogP contribution >= 0.6 is 12.6 Å². The third-order valence-corrected chi connectivity index (χ3v) is 0. The van der Waals surface area contributed by atoms with E-state index in [1.54, 1.807) is 0 Å². The van der Waals surface area contributed by atoms with Crippen molar-refractivity contribution in [1.29, 1.82) is 5.26 Å². The van der Waals surface area contributed by atoms with E-state index in [9.17, 15) is 0 Å². The van der Waals surface area contributed by atoms with Gasteiger partial charge in [0.15, 0.2) is 0 Å². The van der Waals surface area contributed by atoms with Gasteiger partial charge in [0.1, 0.15) is 5.40 Å². The van der Waals surface area contributed by atoms with Crippen LogP contribution in [-0.4, -0.2) is 51.4 Å². The third kappa shape index (κ3) is 23.9. The molecule has 4 heteroatoms. The van der Waals surface area contributed by atoms with Crippen molar-refractivity contribution in [2.24, 2.45) is 0 Å². The zero-order valence-corrected chi connectivity index (χ0v) is 3.97. The van der Waals surface area contributed by atoms with Gasteiger partial charge in [0.05, 0.1) is 0 Å². The van der Waals surface area contributed by atoms with Crippen LogP contribution in [0.25, 0.3) is 0 Å². The Morgan fingerprint density at radius 1 is 1.60 bits per heavy atom. The van der Waals surface area contributed by atoms with E-state index in [0.717, 1.165) is 0 Å². The van der Waals surface area contributed by atoms with Gasteiger partial charge in [0.25, 0.3) is 0 Å². The van der Waals surface area contributed by atoms with Gasteiger partial charge in [-0.25, -0.2) is 0 Å². The fourth-order valence-corrected chi connectivity index (χ4v) is 0. The molecular weight excluding hydrogens is 149 g/mol. The third-order valence-electron chi connectivity index (χ3n) is 0. The number of thiol groups is 1. The summed E-state index contributed by atoms with van der Waals surface area (Å²) in [6.45, 7) is 0. The average Bonchev–Trinajstić information content (AvgIpc) is 0.918. The minimum atomic E-state index is 0. The molecule has 0 atom stereocenters. The Hall–Kier alpha value is 2.01. The summed E-state index contributed by atoms with van der Waals surface area (Å²) in [5, 5.41) is 8.63. The Morgan fingerprint density at radius 2 is 1.60 bits per heavy atom. The van der Waals surface area contributed by atoms with Crippen LogP contribution in [-0.2, 0) is 17.4 Å². The number of rotatable bonds is 0. The van der Waals surface area contributed by atoms with Gasteiger partial charge in [-0.15, -0.1) is 0 Å².